The Morgan fingerprint density at radius 2 is 2.00 bits per heavy atom. The van der Waals surface area contributed by atoms with Crippen LogP contribution in [-0.4, -0.2) is 33.4 Å². The van der Waals surface area contributed by atoms with Crippen molar-refractivity contribution in [3.05, 3.63) is 29.1 Å². The molecule has 2 rings (SSSR count). The molecule has 0 aliphatic heterocycles. The van der Waals surface area contributed by atoms with Crippen molar-refractivity contribution >= 4 is 28.6 Å². The average Bonchev–Trinajstić information content (AvgIpc) is 2.86. The summed E-state index contributed by atoms with van der Waals surface area (Å²) in [5.41, 5.74) is 4.20. The molecule has 2 aromatic rings. The van der Waals surface area contributed by atoms with Gasteiger partial charge in [0.05, 0.1) is 17.6 Å². The van der Waals surface area contributed by atoms with Crippen molar-refractivity contribution in [1.82, 2.24) is 9.55 Å². The predicted octanol–water partition coefficient (Wildman–Crippen LogP) is 4.53. The monoisotopic (exact) mass is 334 g/mol. The molecule has 0 fully saturated rings. The van der Waals surface area contributed by atoms with Gasteiger partial charge >= 0.3 is 0 Å². The number of rotatable bonds is 8. The Hall–Kier alpha value is -1.33. The number of imidazole rings is 1. The lowest BCUT2D eigenvalue weighted by Crippen LogP contribution is -2.16. The third-order valence-corrected chi connectivity index (χ3v) is 5.07. The normalized spacial score (nSPS) is 12.7. The van der Waals surface area contributed by atoms with Gasteiger partial charge in [0.2, 0.25) is 0 Å². The molecule has 1 aromatic heterocycles. The Balaban J connectivity index is 2.28. The molecule has 0 aliphatic carbocycles. The van der Waals surface area contributed by atoms with E-state index in [0.29, 0.717) is 12.4 Å². The number of benzene rings is 1. The third-order valence-electron chi connectivity index (χ3n) is 3.92. The molecule has 23 heavy (non-hydrogen) atoms. The molecule has 0 N–H and O–H groups in total. The second-order valence-electron chi connectivity index (χ2n) is 5.87. The van der Waals surface area contributed by atoms with Crippen molar-refractivity contribution in [3.8, 4) is 0 Å². The molecular weight excluding hydrogens is 308 g/mol. The van der Waals surface area contributed by atoms with Crippen LogP contribution < -0.4 is 0 Å². The van der Waals surface area contributed by atoms with Gasteiger partial charge < -0.3 is 4.74 Å². The number of carbonyl (C=O) groups excluding carboxylic acids is 1. The summed E-state index contributed by atoms with van der Waals surface area (Å²) in [5, 5.41) is 0. The first-order valence-corrected chi connectivity index (χ1v) is 9.30. The molecule has 1 unspecified atom stereocenters. The maximum Gasteiger partial charge on any atom is 0.195 e. The topological polar surface area (TPSA) is 44.1 Å². The van der Waals surface area contributed by atoms with E-state index in [1.807, 2.05) is 29.3 Å². The largest absolute Gasteiger partial charge is 0.357 e. The van der Waals surface area contributed by atoms with Gasteiger partial charge in [0.1, 0.15) is 6.23 Å². The van der Waals surface area contributed by atoms with Crippen molar-refractivity contribution in [2.75, 3.05) is 18.1 Å². The molecule has 0 saturated heterocycles. The van der Waals surface area contributed by atoms with Crippen LogP contribution in [-0.2, 0) is 4.74 Å². The summed E-state index contributed by atoms with van der Waals surface area (Å²) in [6, 6.07) is 4.13. The van der Waals surface area contributed by atoms with Crippen LogP contribution in [0, 0.1) is 13.8 Å². The molecule has 4 nitrogen and oxygen atoms in total. The molecule has 0 radical (unpaired) electrons. The molecule has 1 heterocycles. The van der Waals surface area contributed by atoms with E-state index in [-0.39, 0.29) is 12.0 Å². The predicted molar refractivity (Wildman–Crippen MR) is 97.5 cm³/mol. The molecule has 1 aromatic carbocycles. The first-order valence-electron chi connectivity index (χ1n) is 8.15. The van der Waals surface area contributed by atoms with Gasteiger partial charge in [0.15, 0.2) is 11.6 Å². The van der Waals surface area contributed by atoms with E-state index in [9.17, 15) is 4.79 Å². The smallest absolute Gasteiger partial charge is 0.195 e. The first kappa shape index (κ1) is 18.0. The third kappa shape index (κ3) is 4.15. The summed E-state index contributed by atoms with van der Waals surface area (Å²) < 4.78 is 7.88. The van der Waals surface area contributed by atoms with Crippen molar-refractivity contribution in [3.63, 3.8) is 0 Å². The summed E-state index contributed by atoms with van der Waals surface area (Å²) in [7, 11) is 0. The molecule has 0 saturated carbocycles. The van der Waals surface area contributed by atoms with Crippen LogP contribution in [0.3, 0.4) is 0 Å². The number of hydrogen-bond donors (Lipinski definition) is 0. The summed E-state index contributed by atoms with van der Waals surface area (Å²) >= 11 is 1.89. The van der Waals surface area contributed by atoms with E-state index in [4.69, 9.17) is 4.74 Å². The zero-order chi connectivity index (χ0) is 17.0. The van der Waals surface area contributed by atoms with Crippen LogP contribution in [0.2, 0.25) is 0 Å². The SMILES string of the molecule is CCCSCCOC(C)n1c(C(C)=O)nc2cc(C)c(C)cc21. The molecule has 0 spiro atoms. The van der Waals surface area contributed by atoms with E-state index in [1.54, 1.807) is 6.92 Å². The van der Waals surface area contributed by atoms with E-state index in [0.717, 1.165) is 22.5 Å². The highest BCUT2D eigenvalue weighted by atomic mass is 32.2. The highest BCUT2D eigenvalue weighted by Crippen LogP contribution is 2.25. The Kier molecular flexibility index (Phi) is 6.25. The number of carbonyl (C=O) groups is 1. The van der Waals surface area contributed by atoms with Crippen LogP contribution in [0.1, 0.15) is 55.2 Å². The number of fused-ring (bicyclic) bond motifs is 1. The van der Waals surface area contributed by atoms with E-state index in [2.05, 4.69) is 31.8 Å². The number of Topliss-reactive ketones (excluding diaryl/α,β-unsaturated/α-hetero) is 1. The molecule has 1 atom stereocenters. The van der Waals surface area contributed by atoms with Crippen LogP contribution in [0.25, 0.3) is 11.0 Å². The van der Waals surface area contributed by atoms with Gasteiger partial charge in [0, 0.05) is 12.7 Å². The van der Waals surface area contributed by atoms with Gasteiger partial charge in [-0.2, -0.15) is 11.8 Å². The molecular formula is C18H26N2O2S. The lowest BCUT2D eigenvalue weighted by atomic mass is 10.1. The molecule has 126 valence electrons. The van der Waals surface area contributed by atoms with E-state index < -0.39 is 0 Å². The van der Waals surface area contributed by atoms with Crippen molar-refractivity contribution in [1.29, 1.82) is 0 Å². The van der Waals surface area contributed by atoms with Gasteiger partial charge in [-0.15, -0.1) is 0 Å². The standard InChI is InChI=1S/C18H26N2O2S/c1-6-8-23-9-7-22-15(5)20-17-11-13(3)12(2)10-16(17)19-18(20)14(4)21/h10-11,15H,6-9H2,1-5H3. The van der Waals surface area contributed by atoms with Gasteiger partial charge in [-0.05, 0) is 56.2 Å². The lowest BCUT2D eigenvalue weighted by Gasteiger charge is -2.18. The van der Waals surface area contributed by atoms with Gasteiger partial charge in [0.25, 0.3) is 0 Å². The quantitative estimate of drug-likeness (QED) is 0.525. The van der Waals surface area contributed by atoms with Crippen LogP contribution in [0.15, 0.2) is 12.1 Å². The first-order chi connectivity index (χ1) is 11.0. The Morgan fingerprint density at radius 1 is 1.30 bits per heavy atom. The van der Waals surface area contributed by atoms with Crippen molar-refractivity contribution in [2.24, 2.45) is 0 Å². The van der Waals surface area contributed by atoms with Gasteiger partial charge in [-0.3, -0.25) is 9.36 Å². The van der Waals surface area contributed by atoms with Crippen LogP contribution >= 0.6 is 11.8 Å². The fourth-order valence-electron chi connectivity index (χ4n) is 2.57. The summed E-state index contributed by atoms with van der Waals surface area (Å²) in [4.78, 5) is 16.5. The Bertz CT molecular complexity index is 694. The summed E-state index contributed by atoms with van der Waals surface area (Å²) in [6.07, 6.45) is 0.975. The fraction of sp³-hybridized carbons (Fsp3) is 0.556. The minimum Gasteiger partial charge on any atom is -0.357 e. The molecule has 0 bridgehead atoms. The molecule has 5 heteroatoms. The number of thioether (sulfide) groups is 1. The highest BCUT2D eigenvalue weighted by molar-refractivity contribution is 7.99. The van der Waals surface area contributed by atoms with Crippen molar-refractivity contribution in [2.45, 2.75) is 47.3 Å². The minimum absolute atomic E-state index is 0.0349. The average molecular weight is 334 g/mol. The number of ether oxygens (including phenoxy) is 1. The Labute approximate surface area is 142 Å². The van der Waals surface area contributed by atoms with Gasteiger partial charge in [-0.25, -0.2) is 4.98 Å². The number of aryl methyl sites for hydroxylation is 2. The maximum absolute atomic E-state index is 12.0. The van der Waals surface area contributed by atoms with E-state index in [1.165, 1.54) is 17.5 Å². The number of aromatic nitrogens is 2. The summed E-state index contributed by atoms with van der Waals surface area (Å²) in [6.45, 7) is 10.5. The van der Waals surface area contributed by atoms with E-state index >= 15 is 0 Å². The summed E-state index contributed by atoms with van der Waals surface area (Å²) in [5.74, 6) is 2.56. The lowest BCUT2D eigenvalue weighted by molar-refractivity contribution is 0.0273. The minimum atomic E-state index is -0.205. The zero-order valence-corrected chi connectivity index (χ0v) is 15.5. The van der Waals surface area contributed by atoms with Crippen LogP contribution in [0.4, 0.5) is 0 Å². The molecule has 0 amide bonds. The second-order valence-corrected chi connectivity index (χ2v) is 7.09. The number of hydrogen-bond acceptors (Lipinski definition) is 4. The number of nitrogens with zero attached hydrogens (tertiary/aromatic N) is 2. The second kappa shape index (κ2) is 7.97. The molecule has 0 aliphatic rings. The fourth-order valence-corrected chi connectivity index (χ4v) is 3.27. The highest BCUT2D eigenvalue weighted by Gasteiger charge is 2.19. The maximum atomic E-state index is 12.0. The Morgan fingerprint density at radius 3 is 2.65 bits per heavy atom. The zero-order valence-electron chi connectivity index (χ0n) is 14.7. The van der Waals surface area contributed by atoms with Crippen molar-refractivity contribution < 1.29 is 9.53 Å². The number of ketones is 1. The van der Waals surface area contributed by atoms with Crippen LogP contribution in [0.5, 0.6) is 0 Å². The van der Waals surface area contributed by atoms with Gasteiger partial charge in [-0.1, -0.05) is 6.92 Å².